The average Bonchev–Trinajstić information content (AvgIpc) is 2.76. The molecule has 29 heavy (non-hydrogen) atoms. The maximum atomic E-state index is 11.0. The lowest BCUT2D eigenvalue weighted by molar-refractivity contribution is 0.0697. The van der Waals surface area contributed by atoms with Gasteiger partial charge in [-0.3, -0.25) is 9.80 Å². The quantitative estimate of drug-likeness (QED) is 0.813. The molecule has 154 valence electrons. The second kappa shape index (κ2) is 9.37. The number of piperidine rings is 1. The van der Waals surface area contributed by atoms with Gasteiger partial charge in [0.25, 0.3) is 0 Å². The molecule has 2 aliphatic rings. The fraction of sp³-hybridized carbons (Fsp3) is 0.478. The van der Waals surface area contributed by atoms with Gasteiger partial charge in [0.2, 0.25) is 0 Å². The van der Waals surface area contributed by atoms with E-state index >= 15 is 0 Å². The fourth-order valence-electron chi connectivity index (χ4n) is 4.52. The SMILES string of the molecule is O=C(O)c1ccc(CN2CCCC(CN3CCN(c4ccccn4)CC3)C2)cc1. The standard InChI is InChI=1S/C23H30N4O2/c28-23(29)21-8-6-19(7-9-21)16-26-11-3-4-20(18-26)17-25-12-14-27(15-13-25)22-5-1-2-10-24-22/h1-2,5-10,20H,3-4,11-18H2,(H,28,29). The predicted octanol–water partition coefficient (Wildman–Crippen LogP) is 2.81. The molecule has 6 nitrogen and oxygen atoms in total. The van der Waals surface area contributed by atoms with Crippen molar-refractivity contribution in [3.8, 4) is 0 Å². The molecule has 2 aromatic rings. The Morgan fingerprint density at radius 1 is 1.00 bits per heavy atom. The number of anilines is 1. The second-order valence-electron chi connectivity index (χ2n) is 8.22. The molecule has 2 aliphatic heterocycles. The number of likely N-dealkylation sites (tertiary alicyclic amines) is 1. The molecular weight excluding hydrogens is 364 g/mol. The van der Waals surface area contributed by atoms with Crippen LogP contribution in [0.4, 0.5) is 5.82 Å². The van der Waals surface area contributed by atoms with Crippen molar-refractivity contribution in [2.45, 2.75) is 19.4 Å². The van der Waals surface area contributed by atoms with Gasteiger partial charge in [-0.25, -0.2) is 9.78 Å². The molecule has 4 rings (SSSR count). The number of hydrogen-bond acceptors (Lipinski definition) is 5. The number of aromatic carboxylic acids is 1. The Morgan fingerprint density at radius 2 is 1.79 bits per heavy atom. The van der Waals surface area contributed by atoms with Gasteiger partial charge >= 0.3 is 5.97 Å². The van der Waals surface area contributed by atoms with E-state index in [1.54, 1.807) is 12.1 Å². The van der Waals surface area contributed by atoms with Crippen molar-refractivity contribution < 1.29 is 9.90 Å². The first-order valence-corrected chi connectivity index (χ1v) is 10.6. The Kier molecular flexibility index (Phi) is 6.42. The largest absolute Gasteiger partial charge is 0.478 e. The number of carbonyl (C=O) groups is 1. The highest BCUT2D eigenvalue weighted by Gasteiger charge is 2.24. The van der Waals surface area contributed by atoms with Crippen molar-refractivity contribution in [3.05, 3.63) is 59.8 Å². The van der Waals surface area contributed by atoms with Gasteiger partial charge in [0.1, 0.15) is 5.82 Å². The van der Waals surface area contributed by atoms with E-state index in [2.05, 4.69) is 31.8 Å². The van der Waals surface area contributed by atoms with E-state index in [0.29, 0.717) is 11.5 Å². The van der Waals surface area contributed by atoms with Crippen LogP contribution in [0.25, 0.3) is 0 Å². The van der Waals surface area contributed by atoms with Crippen LogP contribution in [0, 0.1) is 5.92 Å². The average molecular weight is 395 g/mol. The summed E-state index contributed by atoms with van der Waals surface area (Å²) in [6.07, 6.45) is 4.41. The Morgan fingerprint density at radius 3 is 2.48 bits per heavy atom. The first kappa shape index (κ1) is 19.9. The summed E-state index contributed by atoms with van der Waals surface area (Å²) in [5.74, 6) is 0.936. The predicted molar refractivity (Wildman–Crippen MR) is 114 cm³/mol. The lowest BCUT2D eigenvalue weighted by Gasteiger charge is -2.39. The monoisotopic (exact) mass is 394 g/mol. The summed E-state index contributed by atoms with van der Waals surface area (Å²) in [5, 5.41) is 9.05. The summed E-state index contributed by atoms with van der Waals surface area (Å²) < 4.78 is 0. The number of benzene rings is 1. The van der Waals surface area contributed by atoms with E-state index in [9.17, 15) is 4.79 Å². The Bertz CT molecular complexity index is 788. The van der Waals surface area contributed by atoms with E-state index in [1.807, 2.05) is 24.4 Å². The van der Waals surface area contributed by atoms with Gasteiger partial charge in [-0.05, 0) is 55.1 Å². The highest BCUT2D eigenvalue weighted by molar-refractivity contribution is 5.87. The van der Waals surface area contributed by atoms with Gasteiger partial charge in [-0.15, -0.1) is 0 Å². The van der Waals surface area contributed by atoms with Crippen LogP contribution in [0.3, 0.4) is 0 Å². The number of carboxylic acid groups (broad SMARTS) is 1. The van der Waals surface area contributed by atoms with Crippen LogP contribution in [-0.2, 0) is 6.54 Å². The zero-order valence-electron chi connectivity index (χ0n) is 16.9. The molecule has 1 unspecified atom stereocenters. The van der Waals surface area contributed by atoms with E-state index in [4.69, 9.17) is 5.11 Å². The number of aromatic nitrogens is 1. The van der Waals surface area contributed by atoms with Crippen LogP contribution < -0.4 is 4.90 Å². The highest BCUT2D eigenvalue weighted by atomic mass is 16.4. The fourth-order valence-corrected chi connectivity index (χ4v) is 4.52. The number of nitrogens with zero attached hydrogens (tertiary/aromatic N) is 4. The highest BCUT2D eigenvalue weighted by Crippen LogP contribution is 2.21. The van der Waals surface area contributed by atoms with E-state index < -0.39 is 5.97 Å². The minimum Gasteiger partial charge on any atom is -0.478 e. The molecule has 2 fully saturated rings. The molecule has 2 saturated heterocycles. The second-order valence-corrected chi connectivity index (χ2v) is 8.22. The smallest absolute Gasteiger partial charge is 0.335 e. The van der Waals surface area contributed by atoms with Crippen molar-refractivity contribution in [3.63, 3.8) is 0 Å². The van der Waals surface area contributed by atoms with E-state index in [-0.39, 0.29) is 0 Å². The van der Waals surface area contributed by atoms with Crippen LogP contribution in [0.15, 0.2) is 48.7 Å². The molecule has 1 atom stereocenters. The van der Waals surface area contributed by atoms with Gasteiger partial charge in [-0.1, -0.05) is 18.2 Å². The molecule has 1 aromatic carbocycles. The van der Waals surface area contributed by atoms with Crippen LogP contribution in [0.5, 0.6) is 0 Å². The molecule has 1 aromatic heterocycles. The minimum atomic E-state index is -0.863. The number of hydrogen-bond donors (Lipinski definition) is 1. The number of carboxylic acids is 1. The summed E-state index contributed by atoms with van der Waals surface area (Å²) >= 11 is 0. The molecular formula is C23H30N4O2. The number of piperazine rings is 1. The lowest BCUT2D eigenvalue weighted by atomic mass is 9.96. The molecule has 0 aliphatic carbocycles. The third-order valence-electron chi connectivity index (χ3n) is 6.07. The maximum absolute atomic E-state index is 11.0. The summed E-state index contributed by atoms with van der Waals surface area (Å²) in [4.78, 5) is 23.0. The molecule has 0 radical (unpaired) electrons. The lowest BCUT2D eigenvalue weighted by Crippen LogP contribution is -2.49. The van der Waals surface area contributed by atoms with Gasteiger partial charge in [0.15, 0.2) is 0 Å². The number of pyridine rings is 1. The maximum Gasteiger partial charge on any atom is 0.335 e. The number of rotatable bonds is 6. The molecule has 1 N–H and O–H groups in total. The third-order valence-corrected chi connectivity index (χ3v) is 6.07. The minimum absolute atomic E-state index is 0.357. The normalized spacial score (nSPS) is 21.2. The Balaban J connectivity index is 1.24. The zero-order chi connectivity index (χ0) is 20.1. The van der Waals surface area contributed by atoms with Crippen LogP contribution in [0.2, 0.25) is 0 Å². The summed E-state index contributed by atoms with van der Waals surface area (Å²) in [6, 6.07) is 13.4. The van der Waals surface area contributed by atoms with Crippen molar-refractivity contribution in [2.24, 2.45) is 5.92 Å². The van der Waals surface area contributed by atoms with Crippen LogP contribution in [0.1, 0.15) is 28.8 Å². The Hall–Kier alpha value is -2.44. The van der Waals surface area contributed by atoms with Crippen molar-refractivity contribution in [1.82, 2.24) is 14.8 Å². The summed E-state index contributed by atoms with van der Waals surface area (Å²) in [5.41, 5.74) is 1.55. The first-order valence-electron chi connectivity index (χ1n) is 10.6. The van der Waals surface area contributed by atoms with Crippen molar-refractivity contribution in [1.29, 1.82) is 0 Å². The molecule has 3 heterocycles. The molecule has 0 amide bonds. The topological polar surface area (TPSA) is 59.9 Å². The van der Waals surface area contributed by atoms with E-state index in [1.165, 1.54) is 24.9 Å². The van der Waals surface area contributed by atoms with Crippen LogP contribution >= 0.6 is 0 Å². The third kappa shape index (κ3) is 5.34. The molecule has 0 spiro atoms. The van der Waals surface area contributed by atoms with Gasteiger partial charge < -0.3 is 10.0 Å². The van der Waals surface area contributed by atoms with Gasteiger partial charge in [-0.2, -0.15) is 0 Å². The summed E-state index contributed by atoms with van der Waals surface area (Å²) in [7, 11) is 0. The zero-order valence-corrected chi connectivity index (χ0v) is 16.9. The van der Waals surface area contributed by atoms with E-state index in [0.717, 1.165) is 51.6 Å². The Labute approximate surface area is 172 Å². The molecule has 0 bridgehead atoms. The van der Waals surface area contributed by atoms with Gasteiger partial charge in [0, 0.05) is 52.0 Å². The molecule has 0 saturated carbocycles. The molecule has 6 heteroatoms. The summed E-state index contributed by atoms with van der Waals surface area (Å²) in [6.45, 7) is 8.63. The van der Waals surface area contributed by atoms with Gasteiger partial charge in [0.05, 0.1) is 5.56 Å². The van der Waals surface area contributed by atoms with Crippen LogP contribution in [-0.4, -0.2) is 71.7 Å². The van der Waals surface area contributed by atoms with Crippen molar-refractivity contribution in [2.75, 3.05) is 50.7 Å². The van der Waals surface area contributed by atoms with Crippen molar-refractivity contribution >= 4 is 11.8 Å². The first-order chi connectivity index (χ1) is 14.2.